The van der Waals surface area contributed by atoms with Crippen LogP contribution < -0.4 is 5.32 Å². The Kier molecular flexibility index (Phi) is 13.9. The largest absolute Gasteiger partial charge is 2.00 e. The summed E-state index contributed by atoms with van der Waals surface area (Å²) in [6.07, 6.45) is 7.86. The van der Waals surface area contributed by atoms with Gasteiger partial charge in [0.2, 0.25) is 0 Å². The van der Waals surface area contributed by atoms with E-state index in [2.05, 4.69) is 71.5 Å². The monoisotopic (exact) mass is 921 g/mol. The van der Waals surface area contributed by atoms with E-state index in [4.69, 9.17) is 9.72 Å². The van der Waals surface area contributed by atoms with Gasteiger partial charge in [-0.25, -0.2) is 4.79 Å². The number of nitrogens with zero attached hydrogens (tertiary/aromatic N) is 5. The predicted molar refractivity (Wildman–Crippen MR) is 175 cm³/mol. The summed E-state index contributed by atoms with van der Waals surface area (Å²) in [4.78, 5) is 46.3. The first-order chi connectivity index (χ1) is 20.3. The number of nitrogens with one attached hydrogen (secondary N) is 2. The number of benzene rings is 1. The molecule has 1 fully saturated rings. The van der Waals surface area contributed by atoms with Gasteiger partial charge < -0.3 is 10.7 Å². The van der Waals surface area contributed by atoms with Gasteiger partial charge in [0.05, 0.1) is 6.61 Å². The van der Waals surface area contributed by atoms with Crippen molar-refractivity contribution in [2.75, 3.05) is 27.3 Å². The summed E-state index contributed by atoms with van der Waals surface area (Å²) in [6.45, 7) is 11.2. The number of halogens is 1. The third kappa shape index (κ3) is 9.98. The molecule has 0 bridgehead atoms. The molecular weight excluding hydrogens is 883 g/mol. The molecule has 0 aliphatic carbocycles. The molecular formula is C31H38IN7O3U. The van der Waals surface area contributed by atoms with Crippen molar-refractivity contribution in [3.63, 3.8) is 0 Å². The summed E-state index contributed by atoms with van der Waals surface area (Å²) in [5.41, 5.74) is 5.12. The van der Waals surface area contributed by atoms with Crippen molar-refractivity contribution in [1.29, 1.82) is 0 Å². The van der Waals surface area contributed by atoms with Crippen molar-refractivity contribution in [2.45, 2.75) is 51.5 Å². The Labute approximate surface area is 284 Å². The quantitative estimate of drug-likeness (QED) is 0.124. The molecule has 0 saturated carbocycles. The second-order valence-corrected chi connectivity index (χ2v) is 16.6. The number of carbonyl (C=O) groups is 1. The molecule has 0 spiro atoms. The number of carbonyl (C=O) groups excluding carboxylic acids is 2. The normalized spacial score (nSPS) is 15.6. The van der Waals surface area contributed by atoms with Crippen molar-refractivity contribution in [2.24, 2.45) is 0 Å². The standard InChI is InChI=1S/C27H29IN7O3.C4H9.U/c1-3-38-27(37)34-26-32-23-14-20(13-22(24(23)33-26)25-29-10-4-11-30-25)19-5-6-21(31-16-19)15-28-8-7-18(2)35(17-36)12-9-28;1-4(2)3;/h4-6,10-11,13-14,16,18H,3,7-9,12,15H2,1-2H3,(H2,32,33,34,37);1-3H3;/q2*-1;+2. The summed E-state index contributed by atoms with van der Waals surface area (Å²) in [7, 11) is 0. The van der Waals surface area contributed by atoms with E-state index < -0.39 is 25.9 Å². The van der Waals surface area contributed by atoms with Gasteiger partial charge in [-0.15, -0.1) is 0 Å². The Hall–Kier alpha value is -2.56. The third-order valence-electron chi connectivity index (χ3n) is 6.41. The summed E-state index contributed by atoms with van der Waals surface area (Å²) >= 11 is -1.23. The van der Waals surface area contributed by atoms with Gasteiger partial charge >= 0.3 is 237 Å². The van der Waals surface area contributed by atoms with Crippen LogP contribution in [0.1, 0.15) is 46.7 Å². The molecule has 1 aliphatic rings. The van der Waals surface area contributed by atoms with Gasteiger partial charge in [0.1, 0.15) is 0 Å². The van der Waals surface area contributed by atoms with Crippen molar-refractivity contribution in [1.82, 2.24) is 29.8 Å². The van der Waals surface area contributed by atoms with Crippen molar-refractivity contribution in [3.05, 3.63) is 60.5 Å². The van der Waals surface area contributed by atoms with Crippen molar-refractivity contribution < 1.29 is 45.4 Å². The Morgan fingerprint density at radius 2 is 1.91 bits per heavy atom. The second kappa shape index (κ2) is 17.1. The first kappa shape index (κ1) is 34.9. The Morgan fingerprint density at radius 3 is 2.56 bits per heavy atom. The number of anilines is 1. The van der Waals surface area contributed by atoms with E-state index in [0.717, 1.165) is 49.7 Å². The van der Waals surface area contributed by atoms with E-state index in [-0.39, 0.29) is 49.7 Å². The molecule has 2 amide bonds. The Balaban J connectivity index is 0.000000954. The molecule has 1 atom stereocenters. The topological polar surface area (TPSA) is 126 Å². The summed E-state index contributed by atoms with van der Waals surface area (Å²) in [6, 6.07) is 10.2. The fourth-order valence-electron chi connectivity index (χ4n) is 4.35. The van der Waals surface area contributed by atoms with Gasteiger partial charge in [-0.3, -0.25) is 0 Å². The SMILES string of the molecule is CCOC(=O)Nc1nc2c(-c3ncccn3)cc(-c3ccc(CI4CCC(C)N([C-]=O)CC4)nc3)cc2[nH]1.C[C-](C)C.[U+2]. The zero-order valence-electron chi connectivity index (χ0n) is 25.3. The summed E-state index contributed by atoms with van der Waals surface area (Å²) < 4.78 is 8.36. The summed E-state index contributed by atoms with van der Waals surface area (Å²) in [5.74, 6) is 2.24. The maximum absolute atomic E-state index is 11.9. The molecule has 1 aliphatic heterocycles. The predicted octanol–water partition coefficient (Wildman–Crippen LogP) is 6.44. The molecule has 12 heteroatoms. The molecule has 1 aromatic carbocycles. The van der Waals surface area contributed by atoms with Crippen LogP contribution >= 0.6 is 19.8 Å². The number of imidazole rings is 1. The third-order valence-corrected chi connectivity index (χ3v) is 12.4. The van der Waals surface area contributed by atoms with Crippen LogP contribution in [0.2, 0.25) is 0 Å². The number of aromatic nitrogens is 5. The van der Waals surface area contributed by atoms with Gasteiger partial charge in [-0.1, -0.05) is 0 Å². The first-order valence-corrected chi connectivity index (χ1v) is 18.5. The van der Waals surface area contributed by atoms with Crippen LogP contribution in [-0.2, 0) is 14.0 Å². The number of hydrogen-bond donors (Lipinski definition) is 2. The van der Waals surface area contributed by atoms with E-state index in [9.17, 15) is 9.59 Å². The molecule has 5 rings (SSSR count). The van der Waals surface area contributed by atoms with Gasteiger partial charge in [-0.2, -0.15) is 20.8 Å². The molecule has 1 saturated heterocycles. The van der Waals surface area contributed by atoms with Crippen LogP contribution in [0, 0.1) is 37.0 Å². The summed E-state index contributed by atoms with van der Waals surface area (Å²) in [5, 5.41) is 2.63. The molecule has 43 heavy (non-hydrogen) atoms. The Bertz CT molecular complexity index is 1470. The smallest absolute Gasteiger partial charge is 0.323 e. The number of pyridine rings is 1. The maximum Gasteiger partial charge on any atom is 2.00 e. The maximum atomic E-state index is 11.9. The van der Waals surface area contributed by atoms with Crippen molar-refractivity contribution >= 4 is 49.3 Å². The number of hydrogen-bond acceptors (Lipinski definition) is 7. The molecule has 10 nitrogen and oxygen atoms in total. The van der Waals surface area contributed by atoms with Crippen LogP contribution in [0.15, 0.2) is 48.9 Å². The van der Waals surface area contributed by atoms with Crippen LogP contribution in [0.3, 0.4) is 0 Å². The number of ether oxygens (including phenoxy) is 1. The minimum Gasteiger partial charge on any atom is -0.323 e. The van der Waals surface area contributed by atoms with Crippen LogP contribution in [0.5, 0.6) is 0 Å². The molecule has 0 radical (unpaired) electrons. The van der Waals surface area contributed by atoms with E-state index in [1.165, 1.54) is 10.3 Å². The Morgan fingerprint density at radius 1 is 1.16 bits per heavy atom. The molecule has 4 aromatic rings. The van der Waals surface area contributed by atoms with E-state index >= 15 is 0 Å². The van der Waals surface area contributed by atoms with Gasteiger partial charge in [0, 0.05) is 0 Å². The van der Waals surface area contributed by atoms with E-state index in [0.29, 0.717) is 11.3 Å². The number of amides is 2. The number of alkyl halides is 3. The van der Waals surface area contributed by atoms with Gasteiger partial charge in [0.15, 0.2) is 0 Å². The number of rotatable bonds is 7. The van der Waals surface area contributed by atoms with Gasteiger partial charge in [-0.05, 0) is 6.92 Å². The first-order valence-electron chi connectivity index (χ1n) is 14.0. The minimum atomic E-state index is -1.23. The number of fused-ring (bicyclic) bond motifs is 1. The minimum absolute atomic E-state index is 0. The van der Waals surface area contributed by atoms with Crippen LogP contribution in [-0.4, -0.2) is 70.4 Å². The fraction of sp³-hybridized carbons (Fsp3) is 0.387. The van der Waals surface area contributed by atoms with Crippen LogP contribution in [0.4, 0.5) is 10.7 Å². The van der Waals surface area contributed by atoms with E-state index in [1.807, 2.05) is 23.2 Å². The molecule has 4 heterocycles. The molecule has 226 valence electrons. The average molecular weight is 922 g/mol. The second-order valence-electron chi connectivity index (χ2n) is 10.5. The number of aromatic amines is 1. The zero-order chi connectivity index (χ0) is 30.1. The van der Waals surface area contributed by atoms with Crippen molar-refractivity contribution in [3.8, 4) is 22.5 Å². The van der Waals surface area contributed by atoms with Crippen LogP contribution in [0.25, 0.3) is 33.5 Å². The number of H-pyrrole nitrogens is 1. The molecule has 2 N–H and O–H groups in total. The average Bonchev–Trinajstić information content (AvgIpc) is 3.29. The molecule has 3 aromatic heterocycles. The molecule has 1 unspecified atom stereocenters. The fourth-order valence-corrected chi connectivity index (χ4v) is 10.2. The van der Waals surface area contributed by atoms with Gasteiger partial charge in [0.25, 0.3) is 0 Å². The zero-order valence-corrected chi connectivity index (χ0v) is 31.6. The van der Waals surface area contributed by atoms with E-state index in [1.54, 1.807) is 25.4 Å².